The highest BCUT2D eigenvalue weighted by Crippen LogP contribution is 2.44. The molecule has 254 valence electrons. The van der Waals surface area contributed by atoms with Crippen molar-refractivity contribution in [3.8, 4) is 5.69 Å². The Bertz CT molecular complexity index is 2040. The molecule has 5 rings (SSSR count). The molecule has 3 heterocycles. The van der Waals surface area contributed by atoms with E-state index < -0.39 is 49.9 Å². The number of amides is 2. The van der Waals surface area contributed by atoms with Crippen LogP contribution in [-0.4, -0.2) is 89.5 Å². The van der Waals surface area contributed by atoms with E-state index in [0.717, 1.165) is 16.4 Å². The first-order valence-electron chi connectivity index (χ1n) is 14.5. The number of fused-ring (bicyclic) bond motifs is 1. The molecule has 2 amide bonds. The van der Waals surface area contributed by atoms with Gasteiger partial charge in [-0.05, 0) is 58.3 Å². The Labute approximate surface area is 274 Å². The smallest absolute Gasteiger partial charge is 0.337 e. The lowest BCUT2D eigenvalue weighted by Gasteiger charge is -2.30. The molecule has 2 aromatic carbocycles. The zero-order valence-corrected chi connectivity index (χ0v) is 27.5. The summed E-state index contributed by atoms with van der Waals surface area (Å²) in [7, 11) is 1.14. The number of carbonyl (C=O) groups excluding carboxylic acids is 2. The molecule has 0 saturated heterocycles. The number of nitrogens with one attached hydrogen (secondary N) is 2. The van der Waals surface area contributed by atoms with E-state index in [9.17, 15) is 36.7 Å². The zero-order chi connectivity index (χ0) is 35.3. The third-order valence-electron chi connectivity index (χ3n) is 8.20. The molecule has 0 aliphatic carbocycles. The number of nitrogens with two attached hydrogens (primary N) is 1. The van der Waals surface area contributed by atoms with Crippen LogP contribution < -0.4 is 16.0 Å². The van der Waals surface area contributed by atoms with Crippen molar-refractivity contribution in [3.05, 3.63) is 88.4 Å². The van der Waals surface area contributed by atoms with Gasteiger partial charge in [0.15, 0.2) is 5.82 Å². The van der Waals surface area contributed by atoms with Gasteiger partial charge in [-0.25, -0.2) is 22.0 Å². The average Bonchev–Trinajstić information content (AvgIpc) is 3.71. The molecule has 5 N–H and O–H groups in total. The summed E-state index contributed by atoms with van der Waals surface area (Å²) in [6.45, 7) is 3.98. The number of carboxylic acids is 1. The molecule has 0 fully saturated rings. The summed E-state index contributed by atoms with van der Waals surface area (Å²) < 4.78 is 57.6. The van der Waals surface area contributed by atoms with Gasteiger partial charge in [0.05, 0.1) is 44.2 Å². The van der Waals surface area contributed by atoms with Gasteiger partial charge in [0, 0.05) is 50.7 Å². The Morgan fingerprint density at radius 1 is 1.06 bits per heavy atom. The number of hydrogen-bond acceptors (Lipinski definition) is 8. The summed E-state index contributed by atoms with van der Waals surface area (Å²) in [5, 5.41) is 19.1. The van der Waals surface area contributed by atoms with E-state index in [-0.39, 0.29) is 29.1 Å². The molecule has 0 radical (unpaired) electrons. The average molecular weight is 685 g/mol. The lowest BCUT2D eigenvalue weighted by molar-refractivity contribution is 0.0696. The van der Waals surface area contributed by atoms with E-state index in [2.05, 4.69) is 15.5 Å². The molecule has 1 aliphatic rings. The monoisotopic (exact) mass is 684 g/mol. The fourth-order valence-electron chi connectivity index (χ4n) is 5.58. The Balaban J connectivity index is 1.54. The van der Waals surface area contributed by atoms with Crippen LogP contribution in [-0.2, 0) is 22.1 Å². The zero-order valence-electron chi connectivity index (χ0n) is 26.7. The van der Waals surface area contributed by atoms with Crippen LogP contribution >= 0.6 is 0 Å². The molecular formula is C31H34F2N8O6S. The van der Waals surface area contributed by atoms with Gasteiger partial charge in [0.2, 0.25) is 15.9 Å². The summed E-state index contributed by atoms with van der Waals surface area (Å²) in [6.07, 6.45) is 2.88. The number of carbonyl (C=O) groups is 3. The van der Waals surface area contributed by atoms with Crippen LogP contribution in [0.5, 0.6) is 0 Å². The minimum Gasteiger partial charge on any atom is -0.478 e. The van der Waals surface area contributed by atoms with Crippen molar-refractivity contribution in [1.82, 2.24) is 24.0 Å². The van der Waals surface area contributed by atoms with Gasteiger partial charge < -0.3 is 30.5 Å². The first-order valence-corrected chi connectivity index (χ1v) is 16.0. The Morgan fingerprint density at radius 2 is 1.73 bits per heavy atom. The number of anilines is 2. The minimum atomic E-state index is -4.43. The first-order chi connectivity index (χ1) is 22.4. The fourth-order valence-corrected chi connectivity index (χ4v) is 7.35. The second-order valence-electron chi connectivity index (χ2n) is 12.1. The summed E-state index contributed by atoms with van der Waals surface area (Å²) in [4.78, 5) is 41.4. The van der Waals surface area contributed by atoms with Crippen LogP contribution in [0.2, 0.25) is 0 Å². The highest BCUT2D eigenvalue weighted by molar-refractivity contribution is 7.89. The van der Waals surface area contributed by atoms with Gasteiger partial charge in [-0.2, -0.15) is 9.40 Å². The van der Waals surface area contributed by atoms with Crippen LogP contribution in [0.15, 0.2) is 53.7 Å². The van der Waals surface area contributed by atoms with Crippen molar-refractivity contribution in [2.45, 2.75) is 30.8 Å². The molecule has 0 bridgehead atoms. The second kappa shape index (κ2) is 12.5. The van der Waals surface area contributed by atoms with Crippen LogP contribution in [0, 0.1) is 11.6 Å². The van der Waals surface area contributed by atoms with Gasteiger partial charge >= 0.3 is 5.97 Å². The second-order valence-corrected chi connectivity index (χ2v) is 14.0. The van der Waals surface area contributed by atoms with Crippen LogP contribution in [0.3, 0.4) is 0 Å². The Hall–Kier alpha value is -5.13. The molecule has 17 heteroatoms. The lowest BCUT2D eigenvalue weighted by Crippen LogP contribution is -2.40. The van der Waals surface area contributed by atoms with Crippen LogP contribution in [0.25, 0.3) is 5.69 Å². The molecule has 0 atom stereocenters. The van der Waals surface area contributed by atoms with Crippen molar-refractivity contribution in [2.75, 3.05) is 44.4 Å². The summed E-state index contributed by atoms with van der Waals surface area (Å²) >= 11 is 0. The van der Waals surface area contributed by atoms with Gasteiger partial charge in [-0.1, -0.05) is 0 Å². The molecular weight excluding hydrogens is 650 g/mol. The summed E-state index contributed by atoms with van der Waals surface area (Å²) in [6, 6.07) is 6.26. The molecule has 1 aliphatic heterocycles. The van der Waals surface area contributed by atoms with Crippen molar-refractivity contribution >= 4 is 39.3 Å². The van der Waals surface area contributed by atoms with Crippen LogP contribution in [0.4, 0.5) is 20.3 Å². The molecule has 48 heavy (non-hydrogen) atoms. The molecule has 14 nitrogen and oxygen atoms in total. The number of likely N-dealkylation sites (N-methyl/N-ethyl adjacent to an activating group) is 2. The number of nitrogens with zero attached hydrogens (tertiary/aromatic N) is 5. The third-order valence-corrected chi connectivity index (χ3v) is 10.2. The topological polar surface area (TPSA) is 187 Å². The quantitative estimate of drug-likeness (QED) is 0.184. The van der Waals surface area contributed by atoms with Crippen molar-refractivity contribution in [2.24, 2.45) is 5.73 Å². The molecule has 4 aromatic rings. The van der Waals surface area contributed by atoms with Crippen molar-refractivity contribution in [3.63, 3.8) is 0 Å². The van der Waals surface area contributed by atoms with Gasteiger partial charge in [0.25, 0.3) is 5.91 Å². The number of halogens is 2. The number of aromatic amines is 1. The number of benzene rings is 2. The number of sulfonamides is 1. The van der Waals surface area contributed by atoms with Crippen molar-refractivity contribution in [1.29, 1.82) is 0 Å². The van der Waals surface area contributed by atoms with E-state index in [1.165, 1.54) is 35.2 Å². The molecule has 0 unspecified atom stereocenters. The molecule has 0 saturated carbocycles. The largest absolute Gasteiger partial charge is 0.478 e. The first kappa shape index (κ1) is 34.2. The number of rotatable bonds is 11. The Morgan fingerprint density at radius 3 is 2.31 bits per heavy atom. The van der Waals surface area contributed by atoms with E-state index in [0.29, 0.717) is 41.8 Å². The predicted octanol–water partition coefficient (Wildman–Crippen LogP) is 2.97. The number of primary amides is 1. The van der Waals surface area contributed by atoms with Crippen LogP contribution in [0.1, 0.15) is 56.2 Å². The number of aromatic carboxylic acids is 1. The van der Waals surface area contributed by atoms with Crippen molar-refractivity contribution < 1.29 is 36.7 Å². The number of carboxylic acid groups (broad SMARTS) is 1. The standard InChI is InChI=1S/C31H34F2N8O6S/c1-31(2)26-23(16-41(31)48(46,47)20-11-18(32)10-19(33)12-20)28(37-36-26)35-29(43)22-14-25(40-7-6-17(15-40)30(44)45)24(13-21(22)27(34)42)39(5)9-8-38(3)4/h6-7,10-15H,8-9,16H2,1-5H3,(H2,34,42)(H,44,45)(H2,35,36,37,43). The third kappa shape index (κ3) is 6.26. The maximum absolute atomic E-state index is 14.0. The maximum Gasteiger partial charge on any atom is 0.337 e. The summed E-state index contributed by atoms with van der Waals surface area (Å²) in [5.74, 6) is -5.02. The summed E-state index contributed by atoms with van der Waals surface area (Å²) in [5.41, 5.74) is 5.69. The predicted molar refractivity (Wildman–Crippen MR) is 172 cm³/mol. The lowest BCUT2D eigenvalue weighted by atomic mass is 10.0. The molecule has 2 aromatic heterocycles. The number of hydrogen-bond donors (Lipinski definition) is 4. The minimum absolute atomic E-state index is 0.00272. The van der Waals surface area contributed by atoms with Gasteiger partial charge in [-0.15, -0.1) is 0 Å². The number of H-pyrrole nitrogens is 1. The Kier molecular flexibility index (Phi) is 8.89. The molecule has 0 spiro atoms. The van der Waals surface area contributed by atoms with Gasteiger partial charge in [-0.3, -0.25) is 14.7 Å². The normalized spacial score (nSPS) is 14.2. The number of aromatic nitrogens is 3. The SMILES string of the molecule is CN(C)CCN(C)c1cc(C(N)=O)c(C(=O)Nc2n[nH]c3c2CN(S(=O)(=O)c2cc(F)cc(F)c2)C3(C)C)cc1-n1ccc(C(=O)O)c1. The highest BCUT2D eigenvalue weighted by Gasteiger charge is 2.48. The van der Waals surface area contributed by atoms with E-state index in [4.69, 9.17) is 5.73 Å². The van der Waals surface area contributed by atoms with E-state index >= 15 is 0 Å². The van der Waals surface area contributed by atoms with Gasteiger partial charge in [0.1, 0.15) is 11.6 Å². The highest BCUT2D eigenvalue weighted by atomic mass is 32.2. The maximum atomic E-state index is 14.0. The van der Waals surface area contributed by atoms with E-state index in [1.54, 1.807) is 20.9 Å². The fraction of sp³-hybridized carbons (Fsp3) is 0.290. The van der Waals surface area contributed by atoms with E-state index in [1.807, 2.05) is 23.9 Å².